The lowest BCUT2D eigenvalue weighted by atomic mass is 10.0. The average Bonchev–Trinajstić information content (AvgIpc) is 3.17. The lowest BCUT2D eigenvalue weighted by molar-refractivity contribution is -0.116. The summed E-state index contributed by atoms with van der Waals surface area (Å²) in [6, 6.07) is 8.00. The van der Waals surface area contributed by atoms with Gasteiger partial charge >= 0.3 is 0 Å². The molecule has 1 aliphatic heterocycles. The van der Waals surface area contributed by atoms with Gasteiger partial charge in [-0.25, -0.2) is 4.98 Å². The third-order valence-electron chi connectivity index (χ3n) is 3.83. The van der Waals surface area contributed by atoms with Crippen LogP contribution >= 0.6 is 27.3 Å². The van der Waals surface area contributed by atoms with Gasteiger partial charge in [0.1, 0.15) is 0 Å². The van der Waals surface area contributed by atoms with Gasteiger partial charge in [-0.3, -0.25) is 4.79 Å². The lowest BCUT2D eigenvalue weighted by Crippen LogP contribution is -2.14. The Morgan fingerprint density at radius 2 is 2.23 bits per heavy atom. The maximum absolute atomic E-state index is 12.0. The van der Waals surface area contributed by atoms with Crippen LogP contribution in [0.15, 0.2) is 34.1 Å². The maximum Gasteiger partial charge on any atom is 0.226 e. The largest absolute Gasteiger partial charge is 0.316 e. The minimum absolute atomic E-state index is 0.0589. The van der Waals surface area contributed by atoms with Crippen molar-refractivity contribution in [2.24, 2.45) is 5.92 Å². The van der Waals surface area contributed by atoms with E-state index in [9.17, 15) is 4.79 Å². The Hall–Kier alpha value is -1.24. The van der Waals surface area contributed by atoms with E-state index >= 15 is 0 Å². The number of benzene rings is 1. The Morgan fingerprint density at radius 3 is 2.95 bits per heavy atom. The number of carbonyl (C=O) groups is 1. The maximum atomic E-state index is 12.0. The number of carbonyl (C=O) groups excluding carboxylic acids is 1. The van der Waals surface area contributed by atoms with Crippen molar-refractivity contribution in [3.8, 4) is 11.3 Å². The third-order valence-corrected chi connectivity index (χ3v) is 5.12. The molecular weight excluding hydrogens is 362 g/mol. The fourth-order valence-electron chi connectivity index (χ4n) is 2.56. The summed E-state index contributed by atoms with van der Waals surface area (Å²) in [5, 5.41) is 8.88. The zero-order valence-corrected chi connectivity index (χ0v) is 14.5. The fraction of sp³-hybridized carbons (Fsp3) is 0.375. The van der Waals surface area contributed by atoms with Crippen molar-refractivity contribution in [1.82, 2.24) is 10.3 Å². The van der Waals surface area contributed by atoms with Gasteiger partial charge in [0.2, 0.25) is 5.91 Å². The van der Waals surface area contributed by atoms with E-state index in [0.717, 1.165) is 35.2 Å². The van der Waals surface area contributed by atoms with Crippen molar-refractivity contribution in [2.45, 2.75) is 19.3 Å². The van der Waals surface area contributed by atoms with Crippen LogP contribution in [0.3, 0.4) is 0 Å². The van der Waals surface area contributed by atoms with E-state index in [-0.39, 0.29) is 5.91 Å². The molecule has 0 saturated carbocycles. The number of aromatic nitrogens is 1. The molecule has 6 heteroatoms. The standard InChI is InChI=1S/C16H18BrN3OS/c17-13-4-2-12(3-5-13)14-10-22-16(19-14)20-15(21)6-1-11-7-8-18-9-11/h2-5,10-11,18H,1,6-9H2,(H,19,20,21). The first-order valence-corrected chi connectivity index (χ1v) is 9.10. The summed E-state index contributed by atoms with van der Waals surface area (Å²) in [6.45, 7) is 2.12. The monoisotopic (exact) mass is 379 g/mol. The quantitative estimate of drug-likeness (QED) is 0.827. The Bertz CT molecular complexity index is 635. The molecule has 0 aliphatic carbocycles. The summed E-state index contributed by atoms with van der Waals surface area (Å²) in [7, 11) is 0. The van der Waals surface area contributed by atoms with Crippen molar-refractivity contribution >= 4 is 38.3 Å². The number of nitrogens with one attached hydrogen (secondary N) is 2. The molecule has 1 aromatic carbocycles. The van der Waals surface area contributed by atoms with Crippen molar-refractivity contribution in [3.63, 3.8) is 0 Å². The molecule has 2 heterocycles. The second-order valence-corrected chi connectivity index (χ2v) is 7.26. The summed E-state index contributed by atoms with van der Waals surface area (Å²) in [4.78, 5) is 16.5. The predicted octanol–water partition coefficient (Wildman–Crippen LogP) is 3.90. The molecule has 1 aromatic heterocycles. The van der Waals surface area contributed by atoms with Crippen molar-refractivity contribution in [1.29, 1.82) is 0 Å². The minimum atomic E-state index is 0.0589. The van der Waals surface area contributed by atoms with Crippen LogP contribution in [-0.4, -0.2) is 24.0 Å². The molecule has 1 saturated heterocycles. The van der Waals surface area contributed by atoms with Crippen molar-refractivity contribution < 1.29 is 4.79 Å². The molecule has 0 radical (unpaired) electrons. The highest BCUT2D eigenvalue weighted by molar-refractivity contribution is 9.10. The van der Waals surface area contributed by atoms with Gasteiger partial charge in [-0.05, 0) is 44.0 Å². The molecule has 3 rings (SSSR count). The summed E-state index contributed by atoms with van der Waals surface area (Å²) < 4.78 is 1.04. The fourth-order valence-corrected chi connectivity index (χ4v) is 3.56. The predicted molar refractivity (Wildman–Crippen MR) is 94.1 cm³/mol. The highest BCUT2D eigenvalue weighted by Gasteiger charge is 2.16. The number of thiazole rings is 1. The van der Waals surface area contributed by atoms with Crippen LogP contribution in [0.4, 0.5) is 5.13 Å². The van der Waals surface area contributed by atoms with Crippen LogP contribution in [0.25, 0.3) is 11.3 Å². The van der Waals surface area contributed by atoms with Gasteiger partial charge in [-0.15, -0.1) is 11.3 Å². The molecule has 1 unspecified atom stereocenters. The molecule has 1 aliphatic rings. The van der Waals surface area contributed by atoms with Crippen LogP contribution < -0.4 is 10.6 Å². The van der Waals surface area contributed by atoms with Gasteiger partial charge in [-0.1, -0.05) is 28.1 Å². The highest BCUT2D eigenvalue weighted by atomic mass is 79.9. The van der Waals surface area contributed by atoms with E-state index in [1.807, 2.05) is 29.6 Å². The van der Waals surface area contributed by atoms with Gasteiger partial charge in [0.15, 0.2) is 5.13 Å². The van der Waals surface area contributed by atoms with Gasteiger partial charge in [0.25, 0.3) is 0 Å². The highest BCUT2D eigenvalue weighted by Crippen LogP contribution is 2.26. The van der Waals surface area contributed by atoms with Gasteiger partial charge in [-0.2, -0.15) is 0 Å². The van der Waals surface area contributed by atoms with Crippen LogP contribution in [0.5, 0.6) is 0 Å². The topological polar surface area (TPSA) is 54.0 Å². The number of anilines is 1. The number of rotatable bonds is 5. The van der Waals surface area contributed by atoms with E-state index in [4.69, 9.17) is 0 Å². The average molecular weight is 380 g/mol. The molecule has 1 atom stereocenters. The number of amides is 1. The zero-order valence-electron chi connectivity index (χ0n) is 12.1. The lowest BCUT2D eigenvalue weighted by Gasteiger charge is -2.07. The zero-order chi connectivity index (χ0) is 15.4. The van der Waals surface area contributed by atoms with E-state index < -0.39 is 0 Å². The molecular formula is C16H18BrN3OS. The molecule has 0 bridgehead atoms. The Kier molecular flexibility index (Phi) is 5.23. The number of hydrogen-bond acceptors (Lipinski definition) is 4. The molecule has 22 heavy (non-hydrogen) atoms. The van der Waals surface area contributed by atoms with Crippen LogP contribution in [0.1, 0.15) is 19.3 Å². The van der Waals surface area contributed by atoms with Crippen molar-refractivity contribution in [3.05, 3.63) is 34.1 Å². The first-order valence-electron chi connectivity index (χ1n) is 7.43. The van der Waals surface area contributed by atoms with Crippen LogP contribution in [0, 0.1) is 5.92 Å². The number of hydrogen-bond donors (Lipinski definition) is 2. The molecule has 0 spiro atoms. The first kappa shape index (κ1) is 15.6. The molecule has 2 aromatic rings. The van der Waals surface area contributed by atoms with E-state index in [2.05, 4.69) is 31.5 Å². The number of halogens is 1. The minimum Gasteiger partial charge on any atom is -0.316 e. The van der Waals surface area contributed by atoms with E-state index in [1.165, 1.54) is 17.8 Å². The van der Waals surface area contributed by atoms with E-state index in [0.29, 0.717) is 17.5 Å². The molecule has 2 N–H and O–H groups in total. The molecule has 1 fully saturated rings. The summed E-state index contributed by atoms with van der Waals surface area (Å²) in [5.41, 5.74) is 1.95. The van der Waals surface area contributed by atoms with E-state index in [1.54, 1.807) is 0 Å². The van der Waals surface area contributed by atoms with Crippen LogP contribution in [-0.2, 0) is 4.79 Å². The SMILES string of the molecule is O=C(CCC1CCNC1)Nc1nc(-c2ccc(Br)cc2)cs1. The smallest absolute Gasteiger partial charge is 0.226 e. The Morgan fingerprint density at radius 1 is 1.41 bits per heavy atom. The number of nitrogens with zero attached hydrogens (tertiary/aromatic N) is 1. The molecule has 1 amide bonds. The van der Waals surface area contributed by atoms with Gasteiger partial charge in [0.05, 0.1) is 5.69 Å². The molecule has 4 nitrogen and oxygen atoms in total. The normalized spacial score (nSPS) is 17.6. The third kappa shape index (κ3) is 4.15. The second kappa shape index (κ2) is 7.35. The Labute approximate surface area is 142 Å². The Balaban J connectivity index is 1.54. The summed E-state index contributed by atoms with van der Waals surface area (Å²) >= 11 is 4.89. The molecule has 116 valence electrons. The van der Waals surface area contributed by atoms with Crippen molar-refractivity contribution in [2.75, 3.05) is 18.4 Å². The second-order valence-electron chi connectivity index (χ2n) is 5.49. The summed E-state index contributed by atoms with van der Waals surface area (Å²) in [5.74, 6) is 0.698. The first-order chi connectivity index (χ1) is 10.7. The summed E-state index contributed by atoms with van der Waals surface area (Å²) in [6.07, 6.45) is 2.70. The van der Waals surface area contributed by atoms with Crippen LogP contribution in [0.2, 0.25) is 0 Å². The van der Waals surface area contributed by atoms with Gasteiger partial charge < -0.3 is 10.6 Å². The van der Waals surface area contributed by atoms with Gasteiger partial charge in [0, 0.05) is 21.8 Å².